The Balaban J connectivity index is 1.27. The number of halogens is 2. The Kier molecular flexibility index (Phi) is 6.99. The number of hydrogen-bond donors (Lipinski definition) is 3. The summed E-state index contributed by atoms with van der Waals surface area (Å²) in [5, 5.41) is 14.6. The molecule has 2 aliphatic rings. The lowest BCUT2D eigenvalue weighted by Gasteiger charge is -2.30. The van der Waals surface area contributed by atoms with Gasteiger partial charge in [0.25, 0.3) is 0 Å². The first kappa shape index (κ1) is 29.8. The third kappa shape index (κ3) is 4.87. The van der Waals surface area contributed by atoms with Gasteiger partial charge in [0.2, 0.25) is 0 Å². The predicted octanol–water partition coefficient (Wildman–Crippen LogP) is 5.38. The van der Waals surface area contributed by atoms with Crippen LogP contribution in [0, 0.1) is 25.1 Å². The highest BCUT2D eigenvalue weighted by Gasteiger charge is 2.49. The van der Waals surface area contributed by atoms with Gasteiger partial charge >= 0.3 is 11.6 Å². The molecule has 2 fully saturated rings. The van der Waals surface area contributed by atoms with Crippen LogP contribution in [0.3, 0.4) is 0 Å². The molecule has 2 aromatic carbocycles. The summed E-state index contributed by atoms with van der Waals surface area (Å²) < 4.78 is 41.5. The number of H-pyrrole nitrogens is 1. The molecule has 242 valence electrons. The van der Waals surface area contributed by atoms with Crippen LogP contribution < -0.4 is 15.7 Å². The molecule has 2 saturated heterocycles. The van der Waals surface area contributed by atoms with Gasteiger partial charge in [-0.25, -0.2) is 23.5 Å². The van der Waals surface area contributed by atoms with E-state index >= 15 is 0 Å². The van der Waals surface area contributed by atoms with Crippen molar-refractivity contribution in [3.05, 3.63) is 75.8 Å². The smallest absolute Gasteiger partial charge is 0.349 e. The van der Waals surface area contributed by atoms with Crippen LogP contribution in [0.25, 0.3) is 44.2 Å². The average Bonchev–Trinajstić information content (AvgIpc) is 3.75. The third-order valence-corrected chi connectivity index (χ3v) is 9.38. The summed E-state index contributed by atoms with van der Waals surface area (Å²) in [4.78, 5) is 37.1. The summed E-state index contributed by atoms with van der Waals surface area (Å²) >= 11 is 0. The number of fused-ring (bicyclic) bond motifs is 4. The molecule has 2 aliphatic heterocycles. The standard InChI is InChI=1S/C35H29F2N7O4/c1-3-22-24(37)8-7-19-12-21(45)13-23(27(19)22)30-18(2)29-28(33(46)48-30)32(39-15-26-40-25-6-4-10-38-31(25)41-26)43-34(42-29)47-17-35-9-5-11-44(35)16-20(36)14-35/h1,4,6-8,10,12-13,20,45H,5,9,11,14-17H2,2H3,(H,38,40,41)(H,39,42,43)/t20-,35+/m1/s1. The van der Waals surface area contributed by atoms with Gasteiger partial charge in [-0.05, 0) is 62.0 Å². The maximum Gasteiger partial charge on any atom is 0.349 e. The minimum atomic E-state index is -0.939. The molecule has 4 aromatic heterocycles. The van der Waals surface area contributed by atoms with E-state index in [0.717, 1.165) is 24.9 Å². The zero-order valence-electron chi connectivity index (χ0n) is 25.8. The number of terminal acetylenes is 1. The molecule has 0 spiro atoms. The summed E-state index contributed by atoms with van der Waals surface area (Å²) in [5.41, 5.74) is 0.839. The van der Waals surface area contributed by atoms with Crippen LogP contribution in [-0.2, 0) is 6.54 Å². The van der Waals surface area contributed by atoms with Crippen molar-refractivity contribution in [3.63, 3.8) is 0 Å². The molecule has 0 saturated carbocycles. The van der Waals surface area contributed by atoms with Gasteiger partial charge in [-0.15, -0.1) is 6.42 Å². The lowest BCUT2D eigenvalue weighted by Crippen LogP contribution is -2.43. The van der Waals surface area contributed by atoms with Gasteiger partial charge in [-0.1, -0.05) is 12.0 Å². The van der Waals surface area contributed by atoms with Crippen molar-refractivity contribution in [2.45, 2.75) is 44.4 Å². The topological polar surface area (TPSA) is 142 Å². The molecule has 8 rings (SSSR count). The van der Waals surface area contributed by atoms with Gasteiger partial charge in [0, 0.05) is 35.7 Å². The van der Waals surface area contributed by atoms with Gasteiger partial charge in [0.15, 0.2) is 5.65 Å². The van der Waals surface area contributed by atoms with E-state index in [1.807, 2.05) is 6.07 Å². The number of imidazole rings is 1. The molecule has 0 bridgehead atoms. The van der Waals surface area contributed by atoms with E-state index in [-0.39, 0.29) is 58.5 Å². The Morgan fingerprint density at radius 2 is 2.12 bits per heavy atom. The number of aromatic hydroxyl groups is 1. The minimum Gasteiger partial charge on any atom is -0.508 e. The van der Waals surface area contributed by atoms with E-state index in [0.29, 0.717) is 40.8 Å². The fraction of sp³-hybridized carbons (Fsp3) is 0.286. The lowest BCUT2D eigenvalue weighted by atomic mass is 9.95. The number of rotatable bonds is 7. The van der Waals surface area contributed by atoms with Crippen LogP contribution in [0.4, 0.5) is 14.6 Å². The number of nitrogens with zero attached hydrogens (tertiary/aromatic N) is 5. The van der Waals surface area contributed by atoms with Gasteiger partial charge in [-0.2, -0.15) is 9.97 Å². The summed E-state index contributed by atoms with van der Waals surface area (Å²) in [6.07, 6.45) is 8.50. The number of aromatic nitrogens is 5. The molecule has 0 radical (unpaired) electrons. The number of aryl methyl sites for hydroxylation is 1. The highest BCUT2D eigenvalue weighted by molar-refractivity contribution is 6.03. The number of hydrogen-bond acceptors (Lipinski definition) is 10. The van der Waals surface area contributed by atoms with Crippen LogP contribution in [0.1, 0.15) is 36.2 Å². The van der Waals surface area contributed by atoms with E-state index in [9.17, 15) is 18.7 Å². The maximum atomic E-state index is 14.9. The molecule has 11 nitrogen and oxygen atoms in total. The Labute approximate surface area is 272 Å². The summed E-state index contributed by atoms with van der Waals surface area (Å²) in [5.74, 6) is 2.35. The van der Waals surface area contributed by atoms with Crippen molar-refractivity contribution in [3.8, 4) is 35.4 Å². The first-order chi connectivity index (χ1) is 23.2. The molecule has 6 heterocycles. The molecule has 0 aliphatic carbocycles. The number of ether oxygens (including phenoxy) is 1. The van der Waals surface area contributed by atoms with Gasteiger partial charge in [0.1, 0.15) is 47.1 Å². The fourth-order valence-corrected chi connectivity index (χ4v) is 7.22. The molecular formula is C35H29F2N7O4. The van der Waals surface area contributed by atoms with Crippen LogP contribution in [-0.4, -0.2) is 66.3 Å². The van der Waals surface area contributed by atoms with E-state index in [2.05, 4.69) is 41.1 Å². The molecule has 13 heteroatoms. The van der Waals surface area contributed by atoms with Crippen molar-refractivity contribution in [1.29, 1.82) is 0 Å². The number of pyridine rings is 1. The first-order valence-corrected chi connectivity index (χ1v) is 15.6. The number of alkyl halides is 1. The molecule has 0 amide bonds. The second-order valence-electron chi connectivity index (χ2n) is 12.4. The molecule has 3 N–H and O–H groups in total. The maximum absolute atomic E-state index is 14.9. The predicted molar refractivity (Wildman–Crippen MR) is 175 cm³/mol. The third-order valence-electron chi connectivity index (χ3n) is 9.38. The second kappa shape index (κ2) is 11.3. The molecule has 2 atom stereocenters. The quantitative estimate of drug-likeness (QED) is 0.193. The Bertz CT molecular complexity index is 2340. The summed E-state index contributed by atoms with van der Waals surface area (Å²) in [7, 11) is 0. The van der Waals surface area contributed by atoms with Crippen LogP contribution in [0.15, 0.2) is 51.8 Å². The minimum absolute atomic E-state index is 0.0180. The first-order valence-electron chi connectivity index (χ1n) is 15.6. The zero-order chi connectivity index (χ0) is 33.2. The highest BCUT2D eigenvalue weighted by Crippen LogP contribution is 2.41. The van der Waals surface area contributed by atoms with Gasteiger partial charge in [-0.3, -0.25) is 4.90 Å². The van der Waals surface area contributed by atoms with Crippen molar-refractivity contribution >= 4 is 38.7 Å². The molecular weight excluding hydrogens is 620 g/mol. The SMILES string of the molecule is C#Cc1c(F)ccc2cc(O)cc(-c3oc(=O)c4c(NCc5nc6ncccc6[nH]5)nc(OC[C@@]56CCCN5C[C@H](F)C6)nc4c3C)c12. The average molecular weight is 650 g/mol. The number of aromatic amines is 1. The Morgan fingerprint density at radius 1 is 1.25 bits per heavy atom. The monoisotopic (exact) mass is 649 g/mol. The summed E-state index contributed by atoms with van der Waals surface area (Å²) in [6, 6.07) is 9.16. The highest BCUT2D eigenvalue weighted by atomic mass is 19.1. The van der Waals surface area contributed by atoms with E-state index < -0.39 is 23.2 Å². The van der Waals surface area contributed by atoms with E-state index in [1.54, 1.807) is 19.2 Å². The number of anilines is 1. The zero-order valence-corrected chi connectivity index (χ0v) is 25.8. The van der Waals surface area contributed by atoms with Crippen molar-refractivity contribution in [1.82, 2.24) is 29.8 Å². The lowest BCUT2D eigenvalue weighted by molar-refractivity contribution is 0.107. The number of benzene rings is 2. The van der Waals surface area contributed by atoms with Crippen molar-refractivity contribution in [2.75, 3.05) is 25.0 Å². The van der Waals surface area contributed by atoms with Crippen molar-refractivity contribution in [2.24, 2.45) is 0 Å². The van der Waals surface area contributed by atoms with Crippen LogP contribution >= 0.6 is 0 Å². The largest absolute Gasteiger partial charge is 0.508 e. The number of nitrogens with one attached hydrogen (secondary N) is 2. The molecule has 6 aromatic rings. The Morgan fingerprint density at radius 3 is 2.96 bits per heavy atom. The van der Waals surface area contributed by atoms with Crippen LogP contribution in [0.2, 0.25) is 0 Å². The molecule has 0 unspecified atom stereocenters. The second-order valence-corrected chi connectivity index (χ2v) is 12.4. The van der Waals surface area contributed by atoms with Gasteiger partial charge in [0.05, 0.1) is 28.7 Å². The Hall–Kier alpha value is -5.61. The summed E-state index contributed by atoms with van der Waals surface area (Å²) in [6.45, 7) is 3.17. The van der Waals surface area contributed by atoms with Crippen LogP contribution in [0.5, 0.6) is 11.8 Å². The van der Waals surface area contributed by atoms with Gasteiger partial charge < -0.3 is 24.6 Å². The number of phenolic OH excluding ortho intramolecular Hbond substituents is 1. The van der Waals surface area contributed by atoms with E-state index in [4.69, 9.17) is 15.6 Å². The van der Waals surface area contributed by atoms with E-state index in [1.165, 1.54) is 24.3 Å². The number of phenols is 1. The normalized spacial score (nSPS) is 19.2. The van der Waals surface area contributed by atoms with Crippen molar-refractivity contribution < 1.29 is 23.0 Å². The fourth-order valence-electron chi connectivity index (χ4n) is 7.22. The molecule has 48 heavy (non-hydrogen) atoms.